The van der Waals surface area contributed by atoms with E-state index < -0.39 is 0 Å². The SMILES string of the molecule is CC1CCC(CN)C(N2CCCC2C)C1. The Morgan fingerprint density at radius 2 is 2.00 bits per heavy atom. The zero-order valence-electron chi connectivity index (χ0n) is 10.3. The number of hydrogen-bond donors (Lipinski definition) is 1. The van der Waals surface area contributed by atoms with Crippen LogP contribution in [-0.2, 0) is 0 Å². The molecule has 1 aliphatic heterocycles. The van der Waals surface area contributed by atoms with E-state index in [2.05, 4.69) is 18.7 Å². The minimum atomic E-state index is 0.766. The summed E-state index contributed by atoms with van der Waals surface area (Å²) in [6, 6.07) is 1.59. The number of rotatable bonds is 2. The summed E-state index contributed by atoms with van der Waals surface area (Å²) in [7, 11) is 0. The minimum Gasteiger partial charge on any atom is -0.330 e. The summed E-state index contributed by atoms with van der Waals surface area (Å²) in [6.07, 6.45) is 6.91. The van der Waals surface area contributed by atoms with Crippen molar-refractivity contribution in [3.05, 3.63) is 0 Å². The topological polar surface area (TPSA) is 29.3 Å². The molecule has 0 amide bonds. The fraction of sp³-hybridized carbons (Fsp3) is 1.00. The van der Waals surface area contributed by atoms with E-state index in [1.807, 2.05) is 0 Å². The van der Waals surface area contributed by atoms with Gasteiger partial charge in [0, 0.05) is 12.1 Å². The number of nitrogens with two attached hydrogens (primary N) is 1. The maximum Gasteiger partial charge on any atom is 0.0141 e. The van der Waals surface area contributed by atoms with Crippen molar-refractivity contribution in [2.45, 2.75) is 58.0 Å². The summed E-state index contributed by atoms with van der Waals surface area (Å²) >= 11 is 0. The zero-order chi connectivity index (χ0) is 10.8. The fourth-order valence-electron chi connectivity index (χ4n) is 3.54. The summed E-state index contributed by atoms with van der Waals surface area (Å²) in [5.41, 5.74) is 5.93. The molecule has 2 aliphatic rings. The van der Waals surface area contributed by atoms with Gasteiger partial charge in [0.15, 0.2) is 0 Å². The molecule has 0 aromatic heterocycles. The first kappa shape index (κ1) is 11.4. The standard InChI is InChI=1S/C13H26N2/c1-10-5-6-12(9-14)13(8-10)15-7-3-4-11(15)2/h10-13H,3-9,14H2,1-2H3. The monoisotopic (exact) mass is 210 g/mol. The molecule has 88 valence electrons. The van der Waals surface area contributed by atoms with Crippen LogP contribution in [0.1, 0.15) is 46.0 Å². The van der Waals surface area contributed by atoms with Crippen LogP contribution in [0.15, 0.2) is 0 Å². The summed E-state index contributed by atoms with van der Waals surface area (Å²) in [6.45, 7) is 7.00. The first-order valence-electron chi connectivity index (χ1n) is 6.68. The van der Waals surface area contributed by atoms with Gasteiger partial charge in [-0.25, -0.2) is 0 Å². The molecule has 1 heterocycles. The van der Waals surface area contributed by atoms with Crippen LogP contribution in [0.25, 0.3) is 0 Å². The van der Waals surface area contributed by atoms with Crippen molar-refractivity contribution < 1.29 is 0 Å². The van der Waals surface area contributed by atoms with E-state index >= 15 is 0 Å². The van der Waals surface area contributed by atoms with Gasteiger partial charge in [0.2, 0.25) is 0 Å². The third-order valence-electron chi connectivity index (χ3n) is 4.55. The molecule has 2 heteroatoms. The van der Waals surface area contributed by atoms with Gasteiger partial charge in [0.05, 0.1) is 0 Å². The molecule has 1 saturated heterocycles. The van der Waals surface area contributed by atoms with Crippen LogP contribution in [0.2, 0.25) is 0 Å². The molecule has 15 heavy (non-hydrogen) atoms. The van der Waals surface area contributed by atoms with E-state index in [1.54, 1.807) is 0 Å². The summed E-state index contributed by atoms with van der Waals surface area (Å²) in [5.74, 6) is 1.67. The second kappa shape index (κ2) is 4.84. The van der Waals surface area contributed by atoms with Crippen molar-refractivity contribution >= 4 is 0 Å². The van der Waals surface area contributed by atoms with Crippen molar-refractivity contribution in [3.63, 3.8) is 0 Å². The van der Waals surface area contributed by atoms with Crippen LogP contribution >= 0.6 is 0 Å². The van der Waals surface area contributed by atoms with Gasteiger partial charge in [-0.2, -0.15) is 0 Å². The van der Waals surface area contributed by atoms with Gasteiger partial charge in [-0.15, -0.1) is 0 Å². The third-order valence-corrected chi connectivity index (χ3v) is 4.55. The van der Waals surface area contributed by atoms with Gasteiger partial charge < -0.3 is 5.73 Å². The van der Waals surface area contributed by atoms with E-state index in [4.69, 9.17) is 5.73 Å². The predicted octanol–water partition coefficient (Wildman–Crippen LogP) is 2.23. The molecule has 0 radical (unpaired) electrons. The van der Waals surface area contributed by atoms with Crippen molar-refractivity contribution in [1.82, 2.24) is 4.90 Å². The average molecular weight is 210 g/mol. The Bertz CT molecular complexity index is 205. The van der Waals surface area contributed by atoms with Crippen LogP contribution in [-0.4, -0.2) is 30.1 Å². The molecule has 2 N–H and O–H groups in total. The van der Waals surface area contributed by atoms with E-state index in [0.717, 1.165) is 30.5 Å². The molecule has 2 rings (SSSR count). The lowest BCUT2D eigenvalue weighted by Gasteiger charge is -2.42. The molecule has 0 bridgehead atoms. The average Bonchev–Trinajstić information content (AvgIpc) is 2.64. The largest absolute Gasteiger partial charge is 0.330 e. The second-order valence-electron chi connectivity index (χ2n) is 5.71. The number of likely N-dealkylation sites (tertiary alicyclic amines) is 1. The van der Waals surface area contributed by atoms with E-state index in [9.17, 15) is 0 Å². The highest BCUT2D eigenvalue weighted by atomic mass is 15.2. The lowest BCUT2D eigenvalue weighted by molar-refractivity contribution is 0.0811. The van der Waals surface area contributed by atoms with Gasteiger partial charge in [0.1, 0.15) is 0 Å². The summed E-state index contributed by atoms with van der Waals surface area (Å²) < 4.78 is 0. The second-order valence-corrected chi connectivity index (χ2v) is 5.71. The van der Waals surface area contributed by atoms with E-state index in [0.29, 0.717) is 0 Å². The van der Waals surface area contributed by atoms with Crippen LogP contribution < -0.4 is 5.73 Å². The van der Waals surface area contributed by atoms with Gasteiger partial charge in [-0.05, 0) is 57.5 Å². The Balaban J connectivity index is 2.02. The Hall–Kier alpha value is -0.0800. The first-order valence-corrected chi connectivity index (χ1v) is 6.68. The van der Waals surface area contributed by atoms with Gasteiger partial charge in [0.25, 0.3) is 0 Å². The fourth-order valence-corrected chi connectivity index (χ4v) is 3.54. The van der Waals surface area contributed by atoms with Crippen molar-refractivity contribution in [2.24, 2.45) is 17.6 Å². The molecule has 4 atom stereocenters. The first-order chi connectivity index (χ1) is 7.22. The molecule has 2 fully saturated rings. The highest BCUT2D eigenvalue weighted by Crippen LogP contribution is 2.35. The molecule has 0 aromatic rings. The summed E-state index contributed by atoms with van der Waals surface area (Å²) in [4.78, 5) is 2.74. The smallest absolute Gasteiger partial charge is 0.0141 e. The van der Waals surface area contributed by atoms with E-state index in [1.165, 1.54) is 38.6 Å². The Kier molecular flexibility index (Phi) is 3.68. The number of hydrogen-bond acceptors (Lipinski definition) is 2. The molecule has 1 saturated carbocycles. The molecular formula is C13H26N2. The minimum absolute atomic E-state index is 0.766. The van der Waals surface area contributed by atoms with Crippen molar-refractivity contribution in [2.75, 3.05) is 13.1 Å². The third kappa shape index (κ3) is 2.36. The molecular weight excluding hydrogens is 184 g/mol. The molecule has 4 unspecified atom stereocenters. The van der Waals surface area contributed by atoms with Gasteiger partial charge in [-0.3, -0.25) is 4.90 Å². The maximum atomic E-state index is 5.93. The van der Waals surface area contributed by atoms with Crippen LogP contribution in [0, 0.1) is 11.8 Å². The lowest BCUT2D eigenvalue weighted by Crippen LogP contribution is -2.47. The van der Waals surface area contributed by atoms with Crippen LogP contribution in [0.5, 0.6) is 0 Å². The Morgan fingerprint density at radius 1 is 1.20 bits per heavy atom. The summed E-state index contributed by atoms with van der Waals surface area (Å²) in [5, 5.41) is 0. The Labute approximate surface area is 94.2 Å². The van der Waals surface area contributed by atoms with Crippen LogP contribution in [0.3, 0.4) is 0 Å². The highest BCUT2D eigenvalue weighted by Gasteiger charge is 2.35. The number of nitrogens with zero attached hydrogens (tertiary/aromatic N) is 1. The molecule has 2 nitrogen and oxygen atoms in total. The van der Waals surface area contributed by atoms with Crippen LogP contribution in [0.4, 0.5) is 0 Å². The lowest BCUT2D eigenvalue weighted by atomic mass is 9.78. The predicted molar refractivity (Wildman–Crippen MR) is 64.7 cm³/mol. The highest BCUT2D eigenvalue weighted by molar-refractivity contribution is 4.90. The molecule has 0 aromatic carbocycles. The van der Waals surface area contributed by atoms with E-state index in [-0.39, 0.29) is 0 Å². The normalized spacial score (nSPS) is 43.4. The quantitative estimate of drug-likeness (QED) is 0.757. The van der Waals surface area contributed by atoms with Gasteiger partial charge >= 0.3 is 0 Å². The maximum absolute atomic E-state index is 5.93. The Morgan fingerprint density at radius 3 is 2.60 bits per heavy atom. The zero-order valence-corrected chi connectivity index (χ0v) is 10.3. The molecule has 0 spiro atoms. The van der Waals surface area contributed by atoms with Crippen molar-refractivity contribution in [3.8, 4) is 0 Å². The van der Waals surface area contributed by atoms with Crippen molar-refractivity contribution in [1.29, 1.82) is 0 Å². The molecule has 1 aliphatic carbocycles. The van der Waals surface area contributed by atoms with Gasteiger partial charge in [-0.1, -0.05) is 13.3 Å².